The van der Waals surface area contributed by atoms with Crippen molar-refractivity contribution in [3.63, 3.8) is 0 Å². The Bertz CT molecular complexity index is 765. The fraction of sp³-hybridized carbons (Fsp3) is 0.435. The van der Waals surface area contributed by atoms with Gasteiger partial charge in [-0.15, -0.1) is 0 Å². The first kappa shape index (κ1) is 24.8. The molecule has 0 unspecified atom stereocenters. The number of carbonyl (C=O) groups is 1. The van der Waals surface area contributed by atoms with Crippen molar-refractivity contribution in [3.05, 3.63) is 71.8 Å². The number of hydrogen-bond acceptors (Lipinski definition) is 5. The van der Waals surface area contributed by atoms with Crippen molar-refractivity contribution in [2.75, 3.05) is 6.61 Å². The molecule has 0 aromatic heterocycles. The van der Waals surface area contributed by atoms with Crippen molar-refractivity contribution in [2.24, 2.45) is 5.73 Å². The molecule has 4 N–H and O–H groups in total. The van der Waals surface area contributed by atoms with E-state index < -0.39 is 18.8 Å². The third-order valence-corrected chi connectivity index (χ3v) is 5.01. The predicted molar refractivity (Wildman–Crippen MR) is 112 cm³/mol. The molecule has 170 valence electrons. The van der Waals surface area contributed by atoms with Gasteiger partial charge < -0.3 is 20.9 Å². The monoisotopic (exact) mass is 438 g/mol. The molecule has 0 amide bonds. The first-order valence-electron chi connectivity index (χ1n) is 10.2. The van der Waals surface area contributed by atoms with E-state index in [4.69, 9.17) is 15.6 Å². The third kappa shape index (κ3) is 9.08. The molecule has 1 fully saturated rings. The van der Waals surface area contributed by atoms with Gasteiger partial charge in [-0.3, -0.25) is 0 Å². The summed E-state index contributed by atoms with van der Waals surface area (Å²) in [5, 5.41) is 11.1. The SMILES string of the molecule is NC1CCC(N[C@@H](CO)C(F)(F)F)CC1.O=C(OCc1ccccc1)c1ccccc1. The lowest BCUT2D eigenvalue weighted by molar-refractivity contribution is -0.166. The van der Waals surface area contributed by atoms with Crippen LogP contribution in [-0.4, -0.2) is 42.0 Å². The van der Waals surface area contributed by atoms with E-state index in [2.05, 4.69) is 5.32 Å². The number of nitrogens with one attached hydrogen (secondary N) is 1. The standard InChI is InChI=1S/C14H12O2.C9H17F3N2O/c15-14(13-9-5-2-6-10-13)16-11-12-7-3-1-4-8-12;10-9(11,12)8(5-15)14-7-3-1-6(13)2-4-7/h1-10H,11H2;6-8,14-15H,1-5,13H2/t;6?,7?,8-/m.0/s1. The van der Waals surface area contributed by atoms with Gasteiger partial charge in [-0.2, -0.15) is 13.2 Å². The molecule has 31 heavy (non-hydrogen) atoms. The van der Waals surface area contributed by atoms with E-state index in [1.807, 2.05) is 48.5 Å². The molecule has 1 aliphatic carbocycles. The zero-order valence-corrected chi connectivity index (χ0v) is 17.2. The van der Waals surface area contributed by atoms with Crippen LogP contribution in [0.4, 0.5) is 13.2 Å². The maximum atomic E-state index is 12.3. The second-order valence-corrected chi connectivity index (χ2v) is 7.48. The van der Waals surface area contributed by atoms with Crippen LogP contribution < -0.4 is 11.1 Å². The number of halogens is 3. The summed E-state index contributed by atoms with van der Waals surface area (Å²) >= 11 is 0. The van der Waals surface area contributed by atoms with Crippen molar-refractivity contribution in [3.8, 4) is 0 Å². The first-order chi connectivity index (χ1) is 14.8. The number of ether oxygens (including phenoxy) is 1. The number of carbonyl (C=O) groups excluding carboxylic acids is 1. The van der Waals surface area contributed by atoms with Gasteiger partial charge >= 0.3 is 12.1 Å². The summed E-state index contributed by atoms with van der Waals surface area (Å²) in [6.45, 7) is -0.597. The average molecular weight is 438 g/mol. The molecule has 0 saturated heterocycles. The van der Waals surface area contributed by atoms with Crippen LogP contribution in [0.3, 0.4) is 0 Å². The number of rotatable bonds is 6. The van der Waals surface area contributed by atoms with E-state index in [9.17, 15) is 18.0 Å². The molecule has 1 aliphatic rings. The van der Waals surface area contributed by atoms with Crippen molar-refractivity contribution >= 4 is 5.97 Å². The van der Waals surface area contributed by atoms with Crippen molar-refractivity contribution in [2.45, 2.75) is 56.6 Å². The van der Waals surface area contributed by atoms with Gasteiger partial charge in [0.15, 0.2) is 0 Å². The Morgan fingerprint density at radius 3 is 2.10 bits per heavy atom. The summed E-state index contributed by atoms with van der Waals surface area (Å²) in [6, 6.07) is 16.8. The fourth-order valence-electron chi connectivity index (χ4n) is 3.20. The summed E-state index contributed by atoms with van der Waals surface area (Å²) in [5.74, 6) is -0.288. The molecule has 2 aromatic rings. The Labute approximate surface area is 180 Å². The predicted octanol–water partition coefficient (Wildman–Crippen LogP) is 3.81. The number of aliphatic hydroxyl groups is 1. The summed E-state index contributed by atoms with van der Waals surface area (Å²) < 4.78 is 42.1. The van der Waals surface area contributed by atoms with E-state index in [0.29, 0.717) is 25.0 Å². The maximum absolute atomic E-state index is 12.3. The molecule has 0 radical (unpaired) electrons. The van der Waals surface area contributed by atoms with Crippen LogP contribution in [-0.2, 0) is 11.3 Å². The van der Waals surface area contributed by atoms with E-state index in [0.717, 1.165) is 18.4 Å². The lowest BCUT2D eigenvalue weighted by Gasteiger charge is -2.30. The molecular formula is C23H29F3N2O3. The molecule has 0 spiro atoms. The van der Waals surface area contributed by atoms with Crippen LogP contribution >= 0.6 is 0 Å². The second kappa shape index (κ2) is 12.4. The highest BCUT2D eigenvalue weighted by atomic mass is 19.4. The average Bonchev–Trinajstić information content (AvgIpc) is 2.78. The van der Waals surface area contributed by atoms with Gasteiger partial charge in [0, 0.05) is 12.1 Å². The normalized spacial score (nSPS) is 19.6. The minimum absolute atomic E-state index is 0.113. The van der Waals surface area contributed by atoms with Gasteiger partial charge in [-0.1, -0.05) is 48.5 Å². The van der Waals surface area contributed by atoms with Crippen LogP contribution in [0.2, 0.25) is 0 Å². The summed E-state index contributed by atoms with van der Waals surface area (Å²) in [6.07, 6.45) is -1.60. The fourth-order valence-corrected chi connectivity index (χ4v) is 3.20. The zero-order valence-electron chi connectivity index (χ0n) is 17.2. The zero-order chi connectivity index (χ0) is 22.7. The van der Waals surface area contributed by atoms with Crippen molar-refractivity contribution in [1.82, 2.24) is 5.32 Å². The quantitative estimate of drug-likeness (QED) is 0.598. The summed E-state index contributed by atoms with van der Waals surface area (Å²) in [7, 11) is 0. The van der Waals surface area contributed by atoms with E-state index >= 15 is 0 Å². The minimum Gasteiger partial charge on any atom is -0.457 e. The number of aliphatic hydroxyl groups excluding tert-OH is 1. The number of alkyl halides is 3. The third-order valence-electron chi connectivity index (χ3n) is 5.01. The van der Waals surface area contributed by atoms with E-state index in [-0.39, 0.29) is 18.1 Å². The molecule has 5 nitrogen and oxygen atoms in total. The van der Waals surface area contributed by atoms with Crippen molar-refractivity contribution < 1.29 is 27.8 Å². The molecule has 8 heteroatoms. The Kier molecular flexibility index (Phi) is 9.97. The second-order valence-electron chi connectivity index (χ2n) is 7.48. The van der Waals surface area contributed by atoms with Gasteiger partial charge in [0.05, 0.1) is 12.2 Å². The van der Waals surface area contributed by atoms with Gasteiger partial charge in [-0.05, 0) is 43.4 Å². The van der Waals surface area contributed by atoms with Crippen molar-refractivity contribution in [1.29, 1.82) is 0 Å². The molecule has 1 saturated carbocycles. The number of nitrogens with two attached hydrogens (primary N) is 1. The molecule has 1 atom stereocenters. The summed E-state index contributed by atoms with van der Waals surface area (Å²) in [4.78, 5) is 11.6. The van der Waals surface area contributed by atoms with Crippen LogP contribution in [0, 0.1) is 0 Å². The van der Waals surface area contributed by atoms with Crippen LogP contribution in [0.15, 0.2) is 60.7 Å². The van der Waals surface area contributed by atoms with Gasteiger partial charge in [0.2, 0.25) is 0 Å². The Hall–Kier alpha value is -2.42. The topological polar surface area (TPSA) is 84.6 Å². The molecule has 0 heterocycles. The van der Waals surface area contributed by atoms with Gasteiger partial charge in [0.1, 0.15) is 12.6 Å². The summed E-state index contributed by atoms with van der Waals surface area (Å²) in [5.41, 5.74) is 7.22. The highest BCUT2D eigenvalue weighted by Gasteiger charge is 2.40. The molecule has 3 rings (SSSR count). The van der Waals surface area contributed by atoms with Gasteiger partial charge in [0.25, 0.3) is 0 Å². The molecular weight excluding hydrogens is 409 g/mol. The van der Waals surface area contributed by atoms with Gasteiger partial charge in [-0.25, -0.2) is 4.79 Å². The maximum Gasteiger partial charge on any atom is 0.406 e. The highest BCUT2D eigenvalue weighted by Crippen LogP contribution is 2.23. The molecule has 0 aliphatic heterocycles. The number of esters is 1. The Morgan fingerprint density at radius 1 is 1.03 bits per heavy atom. The van der Waals surface area contributed by atoms with Crippen LogP contribution in [0.5, 0.6) is 0 Å². The van der Waals surface area contributed by atoms with E-state index in [1.165, 1.54) is 0 Å². The lowest BCUT2D eigenvalue weighted by atomic mass is 9.91. The first-order valence-corrected chi connectivity index (χ1v) is 10.2. The van der Waals surface area contributed by atoms with Crippen LogP contribution in [0.25, 0.3) is 0 Å². The largest absolute Gasteiger partial charge is 0.457 e. The number of hydrogen-bond donors (Lipinski definition) is 3. The smallest absolute Gasteiger partial charge is 0.406 e. The van der Waals surface area contributed by atoms with Crippen LogP contribution in [0.1, 0.15) is 41.6 Å². The Morgan fingerprint density at radius 2 is 1.58 bits per heavy atom. The van der Waals surface area contributed by atoms with E-state index in [1.54, 1.807) is 12.1 Å². The minimum atomic E-state index is -4.38. The lowest BCUT2D eigenvalue weighted by Crippen LogP contribution is -2.51. The molecule has 0 bridgehead atoms. The Balaban J connectivity index is 0.000000221. The highest BCUT2D eigenvalue weighted by molar-refractivity contribution is 5.89. The number of benzene rings is 2. The molecule has 2 aromatic carbocycles.